The molecule has 0 aliphatic heterocycles. The van der Waals surface area contributed by atoms with Crippen molar-refractivity contribution in [3.05, 3.63) is 12.7 Å². The number of nitrogens with one attached hydrogen (secondary N) is 1. The van der Waals surface area contributed by atoms with Crippen molar-refractivity contribution in [1.29, 1.82) is 0 Å². The Morgan fingerprint density at radius 3 is 2.77 bits per heavy atom. The summed E-state index contributed by atoms with van der Waals surface area (Å²) in [6, 6.07) is 0. The third-order valence-electron chi connectivity index (χ3n) is 2.70. The van der Waals surface area contributed by atoms with Gasteiger partial charge in [-0.15, -0.1) is 6.58 Å². The van der Waals surface area contributed by atoms with Crippen LogP contribution in [0, 0.1) is 11.8 Å². The number of carbonyl (C=O) groups excluding carboxylic acids is 1. The van der Waals surface area contributed by atoms with Crippen molar-refractivity contribution in [2.75, 3.05) is 6.61 Å². The highest BCUT2D eigenvalue weighted by molar-refractivity contribution is 6.16. The predicted octanol–water partition coefficient (Wildman–Crippen LogP) is 1.48. The van der Waals surface area contributed by atoms with E-state index < -0.39 is 5.54 Å². The van der Waals surface area contributed by atoms with Crippen LogP contribution in [-0.4, -0.2) is 18.1 Å². The standard InChI is InChI=1S/C9H14ClNO2/c1-4-7-6(3)9(7,11-10)8(12)13-5-2/h4,6-7,11H,1,5H2,2-3H3/t6-,7?,9?/m0/s1. The first-order valence-corrected chi connectivity index (χ1v) is 4.70. The van der Waals surface area contributed by atoms with Crippen LogP contribution in [0.25, 0.3) is 0 Å². The van der Waals surface area contributed by atoms with Crippen LogP contribution in [0.1, 0.15) is 13.8 Å². The molecule has 0 bridgehead atoms. The molecule has 1 aliphatic rings. The second-order valence-corrected chi connectivity index (χ2v) is 3.42. The summed E-state index contributed by atoms with van der Waals surface area (Å²) < 4.78 is 4.93. The number of ether oxygens (including phenoxy) is 1. The fourth-order valence-corrected chi connectivity index (χ4v) is 2.12. The Balaban J connectivity index is 2.73. The number of esters is 1. The Kier molecular flexibility index (Phi) is 2.98. The summed E-state index contributed by atoms with van der Waals surface area (Å²) in [5.74, 6) is -0.0620. The molecule has 1 saturated carbocycles. The van der Waals surface area contributed by atoms with E-state index in [4.69, 9.17) is 16.5 Å². The lowest BCUT2D eigenvalue weighted by Crippen LogP contribution is -2.38. The quantitative estimate of drug-likeness (QED) is 0.428. The van der Waals surface area contributed by atoms with Gasteiger partial charge in [-0.2, -0.15) is 0 Å². The molecule has 1 fully saturated rings. The minimum absolute atomic E-state index is 0.0732. The van der Waals surface area contributed by atoms with Crippen LogP contribution in [0.5, 0.6) is 0 Å². The highest BCUT2D eigenvalue weighted by Crippen LogP contribution is 2.52. The smallest absolute Gasteiger partial charge is 0.328 e. The SMILES string of the molecule is C=CC1[C@H](C)C1(NCl)C(=O)OCC. The molecule has 0 aromatic heterocycles. The molecule has 0 amide bonds. The third kappa shape index (κ3) is 1.36. The average Bonchev–Trinajstić information content (AvgIpc) is 2.72. The third-order valence-corrected chi connectivity index (χ3v) is 3.01. The van der Waals surface area contributed by atoms with Crippen molar-refractivity contribution in [3.63, 3.8) is 0 Å². The second kappa shape index (κ2) is 3.68. The minimum Gasteiger partial charge on any atom is -0.465 e. The fraction of sp³-hybridized carbons (Fsp3) is 0.667. The minimum atomic E-state index is -0.737. The van der Waals surface area contributed by atoms with Crippen LogP contribution in [0.3, 0.4) is 0 Å². The van der Waals surface area contributed by atoms with E-state index in [0.717, 1.165) is 0 Å². The van der Waals surface area contributed by atoms with E-state index in [1.165, 1.54) is 0 Å². The van der Waals surface area contributed by atoms with Gasteiger partial charge in [-0.25, -0.2) is 9.63 Å². The van der Waals surface area contributed by atoms with E-state index in [1.807, 2.05) is 6.92 Å². The van der Waals surface area contributed by atoms with Crippen molar-refractivity contribution >= 4 is 17.7 Å². The van der Waals surface area contributed by atoms with E-state index in [1.54, 1.807) is 13.0 Å². The van der Waals surface area contributed by atoms with Crippen LogP contribution < -0.4 is 4.84 Å². The summed E-state index contributed by atoms with van der Waals surface area (Å²) in [6.45, 7) is 7.74. The van der Waals surface area contributed by atoms with Gasteiger partial charge in [-0.05, 0) is 24.6 Å². The Labute approximate surface area is 83.2 Å². The first kappa shape index (κ1) is 10.5. The van der Waals surface area contributed by atoms with Crippen molar-refractivity contribution in [1.82, 2.24) is 4.84 Å². The van der Waals surface area contributed by atoms with Crippen molar-refractivity contribution in [2.24, 2.45) is 11.8 Å². The lowest BCUT2D eigenvalue weighted by Gasteiger charge is -2.12. The number of hydrogen-bond donors (Lipinski definition) is 1. The fourth-order valence-electron chi connectivity index (χ4n) is 1.74. The van der Waals surface area contributed by atoms with E-state index >= 15 is 0 Å². The maximum absolute atomic E-state index is 11.5. The van der Waals surface area contributed by atoms with Gasteiger partial charge in [-0.1, -0.05) is 13.0 Å². The van der Waals surface area contributed by atoms with E-state index in [9.17, 15) is 4.79 Å². The van der Waals surface area contributed by atoms with Crippen molar-refractivity contribution in [2.45, 2.75) is 19.4 Å². The topological polar surface area (TPSA) is 38.3 Å². The number of halogens is 1. The molecule has 2 unspecified atom stereocenters. The Morgan fingerprint density at radius 2 is 2.46 bits per heavy atom. The molecule has 0 saturated heterocycles. The van der Waals surface area contributed by atoms with E-state index in [0.29, 0.717) is 6.61 Å². The molecule has 1 aliphatic carbocycles. The van der Waals surface area contributed by atoms with Crippen molar-refractivity contribution in [3.8, 4) is 0 Å². The van der Waals surface area contributed by atoms with E-state index in [2.05, 4.69) is 11.4 Å². The summed E-state index contributed by atoms with van der Waals surface area (Å²) >= 11 is 5.56. The second-order valence-electron chi connectivity index (χ2n) is 3.23. The number of carbonyl (C=O) groups is 1. The lowest BCUT2D eigenvalue weighted by atomic mass is 10.2. The normalized spacial score (nSPS) is 36.8. The zero-order valence-electron chi connectivity index (χ0n) is 7.84. The zero-order valence-corrected chi connectivity index (χ0v) is 8.60. The molecule has 3 atom stereocenters. The van der Waals surface area contributed by atoms with Gasteiger partial charge in [0.1, 0.15) is 5.54 Å². The van der Waals surface area contributed by atoms with Crippen LogP contribution in [0.4, 0.5) is 0 Å². The first-order chi connectivity index (χ1) is 6.15. The van der Waals surface area contributed by atoms with Gasteiger partial charge in [0, 0.05) is 5.92 Å². The van der Waals surface area contributed by atoms with Gasteiger partial charge in [0.2, 0.25) is 0 Å². The van der Waals surface area contributed by atoms with Gasteiger partial charge in [-0.3, -0.25) is 0 Å². The maximum Gasteiger partial charge on any atom is 0.328 e. The summed E-state index contributed by atoms with van der Waals surface area (Å²) in [4.78, 5) is 14.0. The van der Waals surface area contributed by atoms with Crippen LogP contribution in [0.2, 0.25) is 0 Å². The number of hydrogen-bond acceptors (Lipinski definition) is 3. The summed E-state index contributed by atoms with van der Waals surface area (Å²) in [7, 11) is 0. The Morgan fingerprint density at radius 1 is 1.85 bits per heavy atom. The summed E-state index contributed by atoms with van der Waals surface area (Å²) in [5, 5.41) is 0. The molecule has 4 heteroatoms. The molecule has 0 spiro atoms. The van der Waals surface area contributed by atoms with Gasteiger partial charge < -0.3 is 4.74 Å². The Hall–Kier alpha value is -0.540. The van der Waals surface area contributed by atoms with Gasteiger partial charge in [0.15, 0.2) is 0 Å². The van der Waals surface area contributed by atoms with Gasteiger partial charge in [0.25, 0.3) is 0 Å². The molecule has 0 heterocycles. The van der Waals surface area contributed by atoms with Crippen molar-refractivity contribution < 1.29 is 9.53 Å². The molecule has 74 valence electrons. The summed E-state index contributed by atoms with van der Waals surface area (Å²) in [6.07, 6.45) is 1.73. The molecule has 0 aromatic carbocycles. The molecule has 1 rings (SSSR count). The summed E-state index contributed by atoms with van der Waals surface area (Å²) in [5.41, 5.74) is -0.737. The van der Waals surface area contributed by atoms with Gasteiger partial charge >= 0.3 is 5.97 Å². The highest BCUT2D eigenvalue weighted by Gasteiger charge is 2.67. The first-order valence-electron chi connectivity index (χ1n) is 4.32. The van der Waals surface area contributed by atoms with Crippen LogP contribution >= 0.6 is 11.8 Å². The molecule has 0 aromatic rings. The monoisotopic (exact) mass is 203 g/mol. The molecule has 13 heavy (non-hydrogen) atoms. The molecular formula is C9H14ClNO2. The average molecular weight is 204 g/mol. The highest BCUT2D eigenvalue weighted by atomic mass is 35.5. The molecule has 0 radical (unpaired) electrons. The molecule has 1 N–H and O–H groups in total. The Bertz CT molecular complexity index is 232. The van der Waals surface area contributed by atoms with Crippen LogP contribution in [-0.2, 0) is 9.53 Å². The molecular weight excluding hydrogens is 190 g/mol. The number of rotatable bonds is 4. The molecule has 3 nitrogen and oxygen atoms in total. The zero-order chi connectivity index (χ0) is 10.1. The maximum atomic E-state index is 11.5. The van der Waals surface area contributed by atoms with Crippen LogP contribution in [0.15, 0.2) is 12.7 Å². The predicted molar refractivity (Wildman–Crippen MR) is 51.2 cm³/mol. The largest absolute Gasteiger partial charge is 0.465 e. The lowest BCUT2D eigenvalue weighted by molar-refractivity contribution is -0.147. The van der Waals surface area contributed by atoms with Gasteiger partial charge in [0.05, 0.1) is 6.61 Å². The van der Waals surface area contributed by atoms with E-state index in [-0.39, 0.29) is 17.8 Å².